The summed E-state index contributed by atoms with van der Waals surface area (Å²) in [6.45, 7) is 1.68. The average molecular weight is 277 g/mol. The number of aromatic nitrogens is 2. The molecule has 0 aliphatic rings. The summed E-state index contributed by atoms with van der Waals surface area (Å²) >= 11 is 5.91. The first-order valence-electron chi connectivity index (χ1n) is 5.64. The lowest BCUT2D eigenvalue weighted by molar-refractivity contribution is 0.1000. The highest BCUT2D eigenvalue weighted by Gasteiger charge is 2.14. The van der Waals surface area contributed by atoms with Crippen LogP contribution < -0.4 is 11.5 Å². The lowest BCUT2D eigenvalue weighted by Gasteiger charge is -2.08. The summed E-state index contributed by atoms with van der Waals surface area (Å²) in [6, 6.07) is 7.40. The summed E-state index contributed by atoms with van der Waals surface area (Å²) < 4.78 is 0. The molecule has 0 unspecified atom stereocenters. The Bertz CT molecular complexity index is 619. The third kappa shape index (κ3) is 3.00. The number of nitrogen functional groups attached to an aromatic ring is 1. The molecule has 0 radical (unpaired) electrons. The second-order valence-corrected chi connectivity index (χ2v) is 4.59. The van der Waals surface area contributed by atoms with Gasteiger partial charge in [0, 0.05) is 11.4 Å². The summed E-state index contributed by atoms with van der Waals surface area (Å²) in [5.74, 6) is 0.0172. The molecule has 19 heavy (non-hydrogen) atoms. The normalized spacial score (nSPS) is 10.4. The quantitative estimate of drug-likeness (QED) is 0.892. The number of nitrogens with zero attached hydrogens (tertiary/aromatic N) is 2. The van der Waals surface area contributed by atoms with E-state index >= 15 is 0 Å². The molecule has 2 aromatic rings. The number of hydrogen-bond donors (Lipinski definition) is 2. The van der Waals surface area contributed by atoms with Gasteiger partial charge in [0.15, 0.2) is 0 Å². The minimum atomic E-state index is -0.621. The molecule has 1 amide bonds. The summed E-state index contributed by atoms with van der Waals surface area (Å²) in [5, 5.41) is 0.649. The zero-order chi connectivity index (χ0) is 14.0. The van der Waals surface area contributed by atoms with E-state index in [1.807, 2.05) is 18.2 Å². The van der Waals surface area contributed by atoms with Crippen LogP contribution in [0.5, 0.6) is 0 Å². The Morgan fingerprint density at radius 3 is 2.68 bits per heavy atom. The molecule has 0 saturated heterocycles. The summed E-state index contributed by atoms with van der Waals surface area (Å²) in [7, 11) is 0. The topological polar surface area (TPSA) is 94.9 Å². The molecule has 0 bridgehead atoms. The maximum Gasteiger partial charge on any atom is 0.254 e. The first-order chi connectivity index (χ1) is 8.97. The van der Waals surface area contributed by atoms with Crippen LogP contribution in [0.15, 0.2) is 24.3 Å². The van der Waals surface area contributed by atoms with E-state index in [-0.39, 0.29) is 11.4 Å². The fourth-order valence-electron chi connectivity index (χ4n) is 1.87. The zero-order valence-electron chi connectivity index (χ0n) is 10.4. The highest BCUT2D eigenvalue weighted by molar-refractivity contribution is 6.30. The Balaban J connectivity index is 2.35. The SMILES string of the molecule is Cc1nc(Cc2cccc(Cl)c2)nc(N)c1C(N)=O. The summed E-state index contributed by atoms with van der Waals surface area (Å²) in [4.78, 5) is 19.5. The van der Waals surface area contributed by atoms with Crippen molar-refractivity contribution >= 4 is 23.3 Å². The van der Waals surface area contributed by atoms with E-state index in [0.29, 0.717) is 23.0 Å². The van der Waals surface area contributed by atoms with Crippen molar-refractivity contribution in [3.05, 3.63) is 51.9 Å². The maximum absolute atomic E-state index is 11.2. The molecule has 1 aromatic heterocycles. The monoisotopic (exact) mass is 276 g/mol. The number of primary amides is 1. The van der Waals surface area contributed by atoms with E-state index in [1.165, 1.54) is 0 Å². The van der Waals surface area contributed by atoms with Crippen LogP contribution >= 0.6 is 11.6 Å². The largest absolute Gasteiger partial charge is 0.383 e. The Morgan fingerprint density at radius 2 is 2.11 bits per heavy atom. The van der Waals surface area contributed by atoms with Crippen molar-refractivity contribution < 1.29 is 4.79 Å². The van der Waals surface area contributed by atoms with Gasteiger partial charge in [-0.1, -0.05) is 23.7 Å². The van der Waals surface area contributed by atoms with Gasteiger partial charge in [0.25, 0.3) is 5.91 Å². The Hall–Kier alpha value is -2.14. The molecule has 2 rings (SSSR count). The number of nitrogens with two attached hydrogens (primary N) is 2. The number of hydrogen-bond acceptors (Lipinski definition) is 4. The van der Waals surface area contributed by atoms with Gasteiger partial charge >= 0.3 is 0 Å². The molecular weight excluding hydrogens is 264 g/mol. The molecule has 1 aromatic carbocycles. The third-order valence-electron chi connectivity index (χ3n) is 2.66. The van der Waals surface area contributed by atoms with Gasteiger partial charge in [0.2, 0.25) is 0 Å². The van der Waals surface area contributed by atoms with Gasteiger partial charge in [-0.05, 0) is 24.6 Å². The number of carbonyl (C=O) groups excluding carboxylic acids is 1. The van der Waals surface area contributed by atoms with Crippen molar-refractivity contribution in [3.8, 4) is 0 Å². The number of rotatable bonds is 3. The minimum Gasteiger partial charge on any atom is -0.383 e. The van der Waals surface area contributed by atoms with Crippen LogP contribution in [0.3, 0.4) is 0 Å². The van der Waals surface area contributed by atoms with E-state index in [2.05, 4.69) is 9.97 Å². The van der Waals surface area contributed by atoms with E-state index in [0.717, 1.165) is 5.56 Å². The van der Waals surface area contributed by atoms with Gasteiger partial charge in [0.05, 0.1) is 5.69 Å². The van der Waals surface area contributed by atoms with E-state index < -0.39 is 5.91 Å². The smallest absolute Gasteiger partial charge is 0.254 e. The number of aryl methyl sites for hydroxylation is 1. The number of benzene rings is 1. The number of amides is 1. The predicted octanol–water partition coefficient (Wildman–Crippen LogP) is 1.71. The van der Waals surface area contributed by atoms with Crippen LogP contribution in [0.25, 0.3) is 0 Å². The van der Waals surface area contributed by atoms with Crippen molar-refractivity contribution in [1.82, 2.24) is 9.97 Å². The van der Waals surface area contributed by atoms with Crippen molar-refractivity contribution in [3.63, 3.8) is 0 Å². The first kappa shape index (κ1) is 13.3. The predicted molar refractivity (Wildman–Crippen MR) is 74.0 cm³/mol. The molecule has 0 atom stereocenters. The second kappa shape index (κ2) is 5.24. The van der Waals surface area contributed by atoms with Crippen LogP contribution in [0.1, 0.15) is 27.4 Å². The fourth-order valence-corrected chi connectivity index (χ4v) is 2.08. The van der Waals surface area contributed by atoms with Gasteiger partial charge in [-0.3, -0.25) is 4.79 Å². The molecule has 6 heteroatoms. The van der Waals surface area contributed by atoms with Crippen molar-refractivity contribution in [2.45, 2.75) is 13.3 Å². The molecule has 1 heterocycles. The molecule has 5 nitrogen and oxygen atoms in total. The van der Waals surface area contributed by atoms with Crippen LogP contribution in [0, 0.1) is 6.92 Å². The average Bonchev–Trinajstić information content (AvgIpc) is 2.27. The Morgan fingerprint density at radius 1 is 1.37 bits per heavy atom. The molecule has 0 spiro atoms. The van der Waals surface area contributed by atoms with Crippen molar-refractivity contribution in [2.24, 2.45) is 5.73 Å². The fraction of sp³-hybridized carbons (Fsp3) is 0.154. The maximum atomic E-state index is 11.2. The lowest BCUT2D eigenvalue weighted by Crippen LogP contribution is -2.18. The lowest BCUT2D eigenvalue weighted by atomic mass is 10.1. The highest BCUT2D eigenvalue weighted by Crippen LogP contribution is 2.16. The molecule has 0 fully saturated rings. The van der Waals surface area contributed by atoms with Crippen LogP contribution in [-0.4, -0.2) is 15.9 Å². The number of anilines is 1. The molecule has 0 aliphatic carbocycles. The molecule has 0 saturated carbocycles. The molecule has 4 N–H and O–H groups in total. The first-order valence-corrected chi connectivity index (χ1v) is 6.02. The van der Waals surface area contributed by atoms with E-state index in [9.17, 15) is 4.79 Å². The molecular formula is C13H13ClN4O. The summed E-state index contributed by atoms with van der Waals surface area (Å²) in [6.07, 6.45) is 0.491. The number of carbonyl (C=O) groups is 1. The summed E-state index contributed by atoms with van der Waals surface area (Å²) in [5.41, 5.74) is 12.6. The Labute approximate surface area is 115 Å². The van der Waals surface area contributed by atoms with Crippen LogP contribution in [0.2, 0.25) is 5.02 Å². The van der Waals surface area contributed by atoms with Gasteiger partial charge in [-0.2, -0.15) is 0 Å². The standard InChI is InChI=1S/C13H13ClN4O/c1-7-11(13(16)19)12(15)18-10(17-7)6-8-3-2-4-9(14)5-8/h2-5H,6H2,1H3,(H2,16,19)(H2,15,17,18). The van der Waals surface area contributed by atoms with E-state index in [4.69, 9.17) is 23.1 Å². The third-order valence-corrected chi connectivity index (χ3v) is 2.90. The van der Waals surface area contributed by atoms with Gasteiger partial charge in [-0.15, -0.1) is 0 Å². The highest BCUT2D eigenvalue weighted by atomic mass is 35.5. The minimum absolute atomic E-state index is 0.108. The Kier molecular flexibility index (Phi) is 3.66. The molecule has 98 valence electrons. The van der Waals surface area contributed by atoms with Gasteiger partial charge in [-0.25, -0.2) is 9.97 Å². The zero-order valence-corrected chi connectivity index (χ0v) is 11.1. The van der Waals surface area contributed by atoms with Gasteiger partial charge < -0.3 is 11.5 Å². The van der Waals surface area contributed by atoms with Crippen LogP contribution in [0.4, 0.5) is 5.82 Å². The van der Waals surface area contributed by atoms with Gasteiger partial charge in [0.1, 0.15) is 17.2 Å². The van der Waals surface area contributed by atoms with Crippen LogP contribution in [-0.2, 0) is 6.42 Å². The van der Waals surface area contributed by atoms with Crippen molar-refractivity contribution in [2.75, 3.05) is 5.73 Å². The van der Waals surface area contributed by atoms with Crippen molar-refractivity contribution in [1.29, 1.82) is 0 Å². The number of halogens is 1. The second-order valence-electron chi connectivity index (χ2n) is 4.16. The van der Waals surface area contributed by atoms with E-state index in [1.54, 1.807) is 13.0 Å². The molecule has 0 aliphatic heterocycles.